The standard InChI is InChI=1S/C26H23N/c1-27(2)26-15-13-22(14-16-26)25-18-23(20-9-5-3-6-10-20)17-24(19-25)21-11-7-4-8-12-21/h3-19H,1-2H3. The van der Waals surface area contributed by atoms with Crippen LogP contribution in [0.3, 0.4) is 0 Å². The minimum atomic E-state index is 1.21. The summed E-state index contributed by atoms with van der Waals surface area (Å²) < 4.78 is 0. The van der Waals surface area contributed by atoms with Crippen molar-refractivity contribution < 1.29 is 0 Å². The van der Waals surface area contributed by atoms with Gasteiger partial charge in [-0.15, -0.1) is 0 Å². The fourth-order valence-electron chi connectivity index (χ4n) is 3.34. The molecule has 0 aliphatic heterocycles. The molecule has 0 aromatic heterocycles. The van der Waals surface area contributed by atoms with Crippen molar-refractivity contribution in [3.05, 3.63) is 103 Å². The first kappa shape index (κ1) is 17.1. The van der Waals surface area contributed by atoms with E-state index in [-0.39, 0.29) is 0 Å². The van der Waals surface area contributed by atoms with Crippen molar-refractivity contribution in [2.24, 2.45) is 0 Å². The van der Waals surface area contributed by atoms with Crippen LogP contribution in [-0.4, -0.2) is 14.1 Å². The van der Waals surface area contributed by atoms with E-state index in [0.29, 0.717) is 0 Å². The fraction of sp³-hybridized carbons (Fsp3) is 0.0769. The van der Waals surface area contributed by atoms with E-state index in [1.807, 2.05) is 0 Å². The van der Waals surface area contributed by atoms with Gasteiger partial charge in [0.25, 0.3) is 0 Å². The summed E-state index contributed by atoms with van der Waals surface area (Å²) in [4.78, 5) is 2.12. The summed E-state index contributed by atoms with van der Waals surface area (Å²) in [5, 5.41) is 0. The smallest absolute Gasteiger partial charge is 0.0361 e. The van der Waals surface area contributed by atoms with Crippen LogP contribution in [0, 0.1) is 0 Å². The van der Waals surface area contributed by atoms with Crippen molar-refractivity contribution in [2.45, 2.75) is 0 Å². The van der Waals surface area contributed by atoms with E-state index in [1.54, 1.807) is 0 Å². The topological polar surface area (TPSA) is 3.24 Å². The lowest BCUT2D eigenvalue weighted by atomic mass is 9.93. The molecule has 1 nitrogen and oxygen atoms in total. The van der Waals surface area contributed by atoms with Gasteiger partial charge in [0.05, 0.1) is 0 Å². The first-order valence-corrected chi connectivity index (χ1v) is 9.24. The van der Waals surface area contributed by atoms with Gasteiger partial charge >= 0.3 is 0 Å². The number of anilines is 1. The minimum Gasteiger partial charge on any atom is -0.378 e. The SMILES string of the molecule is CN(C)c1ccc(-c2cc(-c3ccccc3)cc(-c3ccccc3)c2)cc1. The maximum atomic E-state index is 2.28. The Labute approximate surface area is 161 Å². The largest absolute Gasteiger partial charge is 0.378 e. The third-order valence-corrected chi connectivity index (χ3v) is 4.86. The zero-order valence-corrected chi connectivity index (χ0v) is 15.8. The van der Waals surface area contributed by atoms with Crippen LogP contribution in [0.1, 0.15) is 0 Å². The van der Waals surface area contributed by atoms with Gasteiger partial charge in [-0.1, -0.05) is 72.8 Å². The van der Waals surface area contributed by atoms with E-state index in [4.69, 9.17) is 0 Å². The molecule has 0 saturated heterocycles. The summed E-state index contributed by atoms with van der Waals surface area (Å²) in [5.41, 5.74) is 8.63. The first-order valence-electron chi connectivity index (χ1n) is 9.24. The van der Waals surface area contributed by atoms with Crippen LogP contribution in [0.25, 0.3) is 33.4 Å². The monoisotopic (exact) mass is 349 g/mol. The molecule has 0 fully saturated rings. The summed E-state index contributed by atoms with van der Waals surface area (Å²) in [6, 6.07) is 36.8. The molecule has 0 N–H and O–H groups in total. The lowest BCUT2D eigenvalue weighted by Crippen LogP contribution is -2.07. The molecule has 0 saturated carbocycles. The van der Waals surface area contributed by atoms with Crippen molar-refractivity contribution in [3.8, 4) is 33.4 Å². The Morgan fingerprint density at radius 1 is 0.407 bits per heavy atom. The average Bonchev–Trinajstić information content (AvgIpc) is 2.75. The second-order valence-electron chi connectivity index (χ2n) is 6.97. The molecule has 4 aromatic rings. The summed E-state index contributed by atoms with van der Waals surface area (Å²) >= 11 is 0. The lowest BCUT2D eigenvalue weighted by Gasteiger charge is -2.14. The zero-order valence-electron chi connectivity index (χ0n) is 15.8. The van der Waals surface area contributed by atoms with Gasteiger partial charge in [-0.2, -0.15) is 0 Å². The number of rotatable bonds is 4. The molecule has 0 radical (unpaired) electrons. The number of nitrogens with zero attached hydrogens (tertiary/aromatic N) is 1. The molecule has 4 rings (SSSR count). The minimum absolute atomic E-state index is 1.21. The summed E-state index contributed by atoms with van der Waals surface area (Å²) in [6.45, 7) is 0. The van der Waals surface area contributed by atoms with Crippen LogP contribution >= 0.6 is 0 Å². The summed E-state index contributed by atoms with van der Waals surface area (Å²) in [5.74, 6) is 0. The molecule has 0 aliphatic rings. The Bertz CT molecular complexity index is 959. The van der Waals surface area contributed by atoms with Crippen molar-refractivity contribution in [2.75, 3.05) is 19.0 Å². The normalized spacial score (nSPS) is 10.6. The predicted molar refractivity (Wildman–Crippen MR) is 117 cm³/mol. The van der Waals surface area contributed by atoms with Crippen molar-refractivity contribution in [1.82, 2.24) is 0 Å². The molecule has 1 heteroatoms. The van der Waals surface area contributed by atoms with Crippen LogP contribution in [0.2, 0.25) is 0 Å². The maximum Gasteiger partial charge on any atom is 0.0361 e. The summed E-state index contributed by atoms with van der Waals surface area (Å²) in [6.07, 6.45) is 0. The van der Waals surface area contributed by atoms with Gasteiger partial charge < -0.3 is 4.90 Å². The van der Waals surface area contributed by atoms with Gasteiger partial charge in [0.1, 0.15) is 0 Å². The Balaban J connectivity index is 1.85. The van der Waals surface area contributed by atoms with Gasteiger partial charge in [0.15, 0.2) is 0 Å². The van der Waals surface area contributed by atoms with Crippen molar-refractivity contribution in [3.63, 3.8) is 0 Å². The van der Waals surface area contributed by atoms with Crippen LogP contribution < -0.4 is 4.90 Å². The summed E-state index contributed by atoms with van der Waals surface area (Å²) in [7, 11) is 4.14. The molecular formula is C26H23N. The number of benzene rings is 4. The van der Waals surface area contributed by atoms with E-state index in [2.05, 4.69) is 122 Å². The van der Waals surface area contributed by atoms with Crippen LogP contribution in [0.15, 0.2) is 103 Å². The molecule has 27 heavy (non-hydrogen) atoms. The zero-order chi connectivity index (χ0) is 18.6. The second kappa shape index (κ2) is 7.51. The van der Waals surface area contributed by atoms with E-state index in [1.165, 1.54) is 39.1 Å². The Morgan fingerprint density at radius 3 is 1.15 bits per heavy atom. The van der Waals surface area contributed by atoms with Gasteiger partial charge in [-0.3, -0.25) is 0 Å². The average molecular weight is 349 g/mol. The Morgan fingerprint density at radius 2 is 0.778 bits per heavy atom. The molecule has 0 unspecified atom stereocenters. The van der Waals surface area contributed by atoms with E-state index < -0.39 is 0 Å². The quantitative estimate of drug-likeness (QED) is 0.394. The molecule has 0 amide bonds. The molecule has 0 spiro atoms. The highest BCUT2D eigenvalue weighted by Gasteiger charge is 2.07. The van der Waals surface area contributed by atoms with Crippen LogP contribution in [0.5, 0.6) is 0 Å². The molecule has 0 aliphatic carbocycles. The second-order valence-corrected chi connectivity index (χ2v) is 6.97. The number of hydrogen-bond donors (Lipinski definition) is 0. The molecule has 0 atom stereocenters. The predicted octanol–water partition coefficient (Wildman–Crippen LogP) is 6.75. The highest BCUT2D eigenvalue weighted by atomic mass is 15.1. The molecule has 4 aromatic carbocycles. The van der Waals surface area contributed by atoms with E-state index >= 15 is 0 Å². The van der Waals surface area contributed by atoms with Crippen molar-refractivity contribution >= 4 is 5.69 Å². The van der Waals surface area contributed by atoms with Crippen LogP contribution in [-0.2, 0) is 0 Å². The Hall–Kier alpha value is -3.32. The van der Waals surface area contributed by atoms with Gasteiger partial charge in [0.2, 0.25) is 0 Å². The Kier molecular flexibility index (Phi) is 4.76. The maximum absolute atomic E-state index is 2.28. The number of hydrogen-bond acceptors (Lipinski definition) is 1. The first-order chi connectivity index (χ1) is 13.2. The highest BCUT2D eigenvalue weighted by Crippen LogP contribution is 2.33. The van der Waals surface area contributed by atoms with Gasteiger partial charge in [0, 0.05) is 19.8 Å². The molecule has 0 heterocycles. The fourth-order valence-corrected chi connectivity index (χ4v) is 3.34. The third-order valence-electron chi connectivity index (χ3n) is 4.86. The lowest BCUT2D eigenvalue weighted by molar-refractivity contribution is 1.13. The molecule has 0 bridgehead atoms. The van der Waals surface area contributed by atoms with Gasteiger partial charge in [-0.05, 0) is 63.7 Å². The van der Waals surface area contributed by atoms with Crippen molar-refractivity contribution in [1.29, 1.82) is 0 Å². The third kappa shape index (κ3) is 3.78. The van der Waals surface area contributed by atoms with E-state index in [0.717, 1.165) is 0 Å². The van der Waals surface area contributed by atoms with Crippen LogP contribution in [0.4, 0.5) is 5.69 Å². The molecule has 132 valence electrons. The van der Waals surface area contributed by atoms with E-state index in [9.17, 15) is 0 Å². The highest BCUT2D eigenvalue weighted by molar-refractivity contribution is 5.81. The molecular weight excluding hydrogens is 326 g/mol. The van der Waals surface area contributed by atoms with Gasteiger partial charge in [-0.25, -0.2) is 0 Å².